The smallest absolute Gasteiger partial charge is 0.328 e. The van der Waals surface area contributed by atoms with Crippen LogP contribution in [0.15, 0.2) is 24.5 Å². The molecule has 4 N–H and O–H groups in total. The Balaban J connectivity index is 0.000000177. The van der Waals surface area contributed by atoms with Gasteiger partial charge in [0.25, 0.3) is 0 Å². The van der Waals surface area contributed by atoms with Crippen LogP contribution in [-0.4, -0.2) is 39.7 Å². The second-order valence-corrected chi connectivity index (χ2v) is 5.39. The van der Waals surface area contributed by atoms with Crippen LogP contribution in [0, 0.1) is 5.92 Å². The number of piperidine rings is 1. The Bertz CT molecular complexity index is 491. The van der Waals surface area contributed by atoms with Crippen LogP contribution in [0.4, 0.5) is 0 Å². The molecule has 2 aliphatic rings. The Morgan fingerprint density at radius 3 is 2.33 bits per heavy atom. The van der Waals surface area contributed by atoms with Crippen LogP contribution >= 0.6 is 0 Å². The normalized spacial score (nSPS) is 23.6. The van der Waals surface area contributed by atoms with E-state index in [1.54, 1.807) is 5.56 Å². The summed E-state index contributed by atoms with van der Waals surface area (Å²) in [6, 6.07) is 0.761. The summed E-state index contributed by atoms with van der Waals surface area (Å²) in [5, 5.41) is 19.3. The number of nitrogens with one attached hydrogen (secondary N) is 2. The van der Waals surface area contributed by atoms with Gasteiger partial charge in [-0.3, -0.25) is 0 Å². The molecule has 0 aromatic carbocycles. The minimum absolute atomic E-state index is 0.558. The van der Waals surface area contributed by atoms with Gasteiger partial charge in [0.2, 0.25) is 0 Å². The van der Waals surface area contributed by atoms with Crippen molar-refractivity contribution in [3.8, 4) is 0 Å². The lowest BCUT2D eigenvalue weighted by molar-refractivity contribution is -0.134. The number of H-pyrrole nitrogens is 1. The Labute approximate surface area is 122 Å². The first-order valence-electron chi connectivity index (χ1n) is 7.08. The molecule has 1 aromatic rings. The number of hydrogen-bond acceptors (Lipinski definition) is 3. The van der Waals surface area contributed by atoms with E-state index >= 15 is 0 Å². The minimum atomic E-state index is -1.26. The third-order valence-electron chi connectivity index (χ3n) is 3.95. The average Bonchev–Trinajstić information content (AvgIpc) is 2.90. The van der Waals surface area contributed by atoms with E-state index in [0.717, 1.165) is 12.0 Å². The van der Waals surface area contributed by atoms with E-state index in [1.165, 1.54) is 37.8 Å². The number of aliphatic carboxylic acids is 2. The Morgan fingerprint density at radius 2 is 1.71 bits per heavy atom. The van der Waals surface area contributed by atoms with Gasteiger partial charge in [-0.1, -0.05) is 0 Å². The lowest BCUT2D eigenvalue weighted by atomic mass is 9.78. The summed E-state index contributed by atoms with van der Waals surface area (Å²) in [6.45, 7) is 1.22. The fourth-order valence-corrected chi connectivity index (χ4v) is 2.97. The van der Waals surface area contributed by atoms with Gasteiger partial charge in [0.1, 0.15) is 0 Å². The minimum Gasteiger partial charge on any atom is -0.478 e. The number of carbonyl (C=O) groups is 2. The van der Waals surface area contributed by atoms with Gasteiger partial charge >= 0.3 is 11.9 Å². The maximum atomic E-state index is 9.55. The van der Waals surface area contributed by atoms with Gasteiger partial charge in [0.15, 0.2) is 0 Å². The van der Waals surface area contributed by atoms with E-state index in [9.17, 15) is 9.59 Å². The Hall–Kier alpha value is -2.08. The van der Waals surface area contributed by atoms with Crippen LogP contribution in [-0.2, 0) is 22.4 Å². The second-order valence-electron chi connectivity index (χ2n) is 5.39. The Morgan fingerprint density at radius 1 is 1.10 bits per heavy atom. The summed E-state index contributed by atoms with van der Waals surface area (Å²) in [6.07, 6.45) is 10.8. The fraction of sp³-hybridized carbons (Fsp3) is 0.467. The van der Waals surface area contributed by atoms with Crippen LogP contribution in [0.25, 0.3) is 0 Å². The van der Waals surface area contributed by atoms with Crippen LogP contribution < -0.4 is 5.32 Å². The number of carboxylic acid groups (broad SMARTS) is 2. The van der Waals surface area contributed by atoms with Gasteiger partial charge in [0.05, 0.1) is 0 Å². The summed E-state index contributed by atoms with van der Waals surface area (Å²) < 4.78 is 0. The van der Waals surface area contributed by atoms with Crippen molar-refractivity contribution < 1.29 is 19.8 Å². The van der Waals surface area contributed by atoms with Crippen LogP contribution in [0.5, 0.6) is 0 Å². The van der Waals surface area contributed by atoms with E-state index in [-0.39, 0.29) is 0 Å². The van der Waals surface area contributed by atoms with Gasteiger partial charge in [-0.15, -0.1) is 0 Å². The maximum absolute atomic E-state index is 9.55. The molecule has 0 spiro atoms. The first-order chi connectivity index (χ1) is 10.1. The zero-order valence-electron chi connectivity index (χ0n) is 11.7. The highest BCUT2D eigenvalue weighted by atomic mass is 16.4. The molecule has 1 saturated heterocycles. The molecule has 1 fully saturated rings. The molecule has 1 aliphatic heterocycles. The summed E-state index contributed by atoms with van der Waals surface area (Å²) >= 11 is 0. The monoisotopic (exact) mass is 292 g/mol. The number of hydrogen-bond donors (Lipinski definition) is 4. The predicted molar refractivity (Wildman–Crippen MR) is 77.1 cm³/mol. The molecule has 2 heterocycles. The summed E-state index contributed by atoms with van der Waals surface area (Å²) in [7, 11) is 0. The average molecular weight is 292 g/mol. The second kappa shape index (κ2) is 7.08. The zero-order valence-corrected chi connectivity index (χ0v) is 11.7. The highest BCUT2D eigenvalue weighted by Crippen LogP contribution is 2.30. The van der Waals surface area contributed by atoms with Crippen molar-refractivity contribution >= 4 is 11.9 Å². The molecular formula is C15H20N2O4. The number of aromatic amines is 1. The largest absolute Gasteiger partial charge is 0.478 e. The predicted octanol–water partition coefficient (Wildman–Crippen LogP) is 1.19. The SMILES string of the molecule is O=C(O)/C=C\C(=O)O.c1[nH]cc2c1CC1NCCC[C@@H]1C2. The number of carboxylic acids is 2. The van der Waals surface area contributed by atoms with Gasteiger partial charge in [-0.05, 0) is 49.3 Å². The standard InChI is InChI=1S/C11H16N2.C4H4O4/c1-2-8-4-9-6-12-7-10(9)5-11(8)13-3-1;5-3(6)1-2-4(7)8/h6-8,11-13H,1-5H2;1-2H,(H,5,6)(H,7,8)/b;2-1-/t8-,11?;/m1./s1. The molecule has 2 atom stereocenters. The van der Waals surface area contributed by atoms with E-state index in [1.807, 2.05) is 0 Å². The van der Waals surface area contributed by atoms with Crippen molar-refractivity contribution in [3.05, 3.63) is 35.7 Å². The molecule has 3 rings (SSSR count). The molecule has 1 unspecified atom stereocenters. The van der Waals surface area contributed by atoms with E-state index in [0.29, 0.717) is 12.2 Å². The molecule has 6 nitrogen and oxygen atoms in total. The first kappa shape index (κ1) is 15.3. The molecule has 0 bridgehead atoms. The molecule has 0 radical (unpaired) electrons. The maximum Gasteiger partial charge on any atom is 0.328 e. The van der Waals surface area contributed by atoms with Crippen molar-refractivity contribution in [3.63, 3.8) is 0 Å². The third kappa shape index (κ3) is 4.46. The van der Waals surface area contributed by atoms with Crippen molar-refractivity contribution in [2.75, 3.05) is 6.54 Å². The molecule has 1 aromatic heterocycles. The van der Waals surface area contributed by atoms with Crippen LogP contribution in [0.3, 0.4) is 0 Å². The first-order valence-corrected chi connectivity index (χ1v) is 7.08. The lowest BCUT2D eigenvalue weighted by Gasteiger charge is -2.36. The van der Waals surface area contributed by atoms with Crippen molar-refractivity contribution in [2.45, 2.75) is 31.7 Å². The third-order valence-corrected chi connectivity index (χ3v) is 3.95. The van der Waals surface area contributed by atoms with E-state index in [4.69, 9.17) is 10.2 Å². The molecule has 21 heavy (non-hydrogen) atoms. The van der Waals surface area contributed by atoms with Crippen molar-refractivity contribution in [1.29, 1.82) is 0 Å². The van der Waals surface area contributed by atoms with E-state index in [2.05, 4.69) is 22.7 Å². The molecule has 0 saturated carbocycles. The quantitative estimate of drug-likeness (QED) is 0.613. The van der Waals surface area contributed by atoms with Gasteiger partial charge < -0.3 is 20.5 Å². The summed E-state index contributed by atoms with van der Waals surface area (Å²) in [5.74, 6) is -1.61. The molecule has 114 valence electrons. The molecular weight excluding hydrogens is 272 g/mol. The number of rotatable bonds is 2. The van der Waals surface area contributed by atoms with Gasteiger partial charge in [-0.25, -0.2) is 9.59 Å². The van der Waals surface area contributed by atoms with E-state index < -0.39 is 11.9 Å². The summed E-state index contributed by atoms with van der Waals surface area (Å²) in [4.78, 5) is 22.3. The lowest BCUT2D eigenvalue weighted by Crippen LogP contribution is -2.45. The van der Waals surface area contributed by atoms with Crippen molar-refractivity contribution in [2.24, 2.45) is 5.92 Å². The van der Waals surface area contributed by atoms with Gasteiger partial charge in [0, 0.05) is 30.6 Å². The molecule has 6 heteroatoms. The molecule has 1 aliphatic carbocycles. The highest BCUT2D eigenvalue weighted by molar-refractivity contribution is 5.89. The van der Waals surface area contributed by atoms with Crippen LogP contribution in [0.2, 0.25) is 0 Å². The van der Waals surface area contributed by atoms with Crippen LogP contribution in [0.1, 0.15) is 24.0 Å². The zero-order chi connectivity index (χ0) is 15.2. The number of fused-ring (bicyclic) bond motifs is 2. The molecule has 0 amide bonds. The number of aromatic nitrogens is 1. The van der Waals surface area contributed by atoms with Crippen molar-refractivity contribution in [1.82, 2.24) is 10.3 Å². The fourth-order valence-electron chi connectivity index (χ4n) is 2.97. The summed E-state index contributed by atoms with van der Waals surface area (Å²) in [5.41, 5.74) is 3.10. The van der Waals surface area contributed by atoms with Gasteiger partial charge in [-0.2, -0.15) is 0 Å². The Kier molecular flexibility index (Phi) is 5.16. The topological polar surface area (TPSA) is 102 Å². The highest BCUT2D eigenvalue weighted by Gasteiger charge is 2.30.